The highest BCUT2D eigenvalue weighted by Crippen LogP contribution is 2.20. The topological polar surface area (TPSA) is 89.1 Å². The first-order valence-electron chi connectivity index (χ1n) is 6.89. The van der Waals surface area contributed by atoms with E-state index in [-0.39, 0.29) is 5.96 Å². The molecule has 3 N–H and O–H groups in total. The number of benzene rings is 1. The molecule has 0 fully saturated rings. The number of para-hydroxylation sites is 1. The van der Waals surface area contributed by atoms with Crippen LogP contribution in [0.25, 0.3) is 10.9 Å². The molecule has 0 atom stereocenters. The first kappa shape index (κ1) is 13.9. The van der Waals surface area contributed by atoms with E-state index in [0.29, 0.717) is 5.95 Å². The molecule has 0 bridgehead atoms. The first-order chi connectivity index (χ1) is 10.6. The first-order valence-corrected chi connectivity index (χ1v) is 6.89. The van der Waals surface area contributed by atoms with Crippen molar-refractivity contribution in [3.63, 3.8) is 0 Å². The van der Waals surface area contributed by atoms with Crippen molar-refractivity contribution in [3.05, 3.63) is 54.0 Å². The summed E-state index contributed by atoms with van der Waals surface area (Å²) in [5.74, 6) is 0.585. The summed E-state index contributed by atoms with van der Waals surface area (Å²) < 4.78 is 0. The Morgan fingerprint density at radius 2 is 1.82 bits per heavy atom. The molecule has 3 aromatic rings. The van der Waals surface area contributed by atoms with E-state index in [1.54, 1.807) is 6.20 Å². The van der Waals surface area contributed by atoms with Gasteiger partial charge in [0.15, 0.2) is 0 Å². The van der Waals surface area contributed by atoms with Crippen LogP contribution in [0.1, 0.15) is 11.4 Å². The Labute approximate surface area is 128 Å². The molecule has 3 rings (SSSR count). The van der Waals surface area contributed by atoms with Gasteiger partial charge in [0.2, 0.25) is 5.96 Å². The second-order valence-electron chi connectivity index (χ2n) is 4.95. The summed E-state index contributed by atoms with van der Waals surface area (Å²) in [7, 11) is 0. The summed E-state index contributed by atoms with van der Waals surface area (Å²) in [6.45, 7) is 3.79. The maximum Gasteiger partial charge on any atom is 0.253 e. The number of anilines is 1. The number of aryl methyl sites for hydroxylation is 2. The van der Waals surface area contributed by atoms with Gasteiger partial charge >= 0.3 is 0 Å². The van der Waals surface area contributed by atoms with Crippen LogP contribution in [-0.2, 0) is 0 Å². The third-order valence-electron chi connectivity index (χ3n) is 3.10. The Balaban J connectivity index is 1.92. The molecular formula is C16H16N6. The number of aromatic nitrogens is 3. The zero-order valence-electron chi connectivity index (χ0n) is 12.4. The van der Waals surface area contributed by atoms with E-state index in [1.165, 1.54) is 0 Å². The molecule has 110 valence electrons. The van der Waals surface area contributed by atoms with Crippen molar-refractivity contribution < 1.29 is 0 Å². The van der Waals surface area contributed by atoms with E-state index in [4.69, 9.17) is 5.73 Å². The number of hydrogen-bond acceptors (Lipinski definition) is 4. The highest BCUT2D eigenvalue weighted by atomic mass is 15.2. The standard InChI is InChI=1S/C16H16N6/c1-10-9-11(2)20-16(19-10)22-15(17)21-14-7-8-18-13-6-4-3-5-12(13)14/h3-9H,1-2H3,(H3,17,18,19,20,21,22). The van der Waals surface area contributed by atoms with Gasteiger partial charge in [-0.05, 0) is 32.0 Å². The highest BCUT2D eigenvalue weighted by molar-refractivity contribution is 6.02. The van der Waals surface area contributed by atoms with Gasteiger partial charge < -0.3 is 11.1 Å². The monoisotopic (exact) mass is 292 g/mol. The molecule has 0 saturated carbocycles. The molecule has 6 heteroatoms. The number of nitrogens with zero attached hydrogens (tertiary/aromatic N) is 4. The predicted molar refractivity (Wildman–Crippen MR) is 88.2 cm³/mol. The molecule has 22 heavy (non-hydrogen) atoms. The molecule has 0 aliphatic rings. The van der Waals surface area contributed by atoms with Crippen LogP contribution in [-0.4, -0.2) is 20.9 Å². The molecule has 0 aliphatic carbocycles. The molecule has 1 aromatic carbocycles. The largest absolute Gasteiger partial charge is 0.369 e. The zero-order valence-corrected chi connectivity index (χ0v) is 12.4. The zero-order chi connectivity index (χ0) is 15.5. The Kier molecular flexibility index (Phi) is 3.65. The van der Waals surface area contributed by atoms with Gasteiger partial charge in [0.1, 0.15) is 0 Å². The smallest absolute Gasteiger partial charge is 0.253 e. The van der Waals surface area contributed by atoms with E-state index in [2.05, 4.69) is 25.3 Å². The van der Waals surface area contributed by atoms with Crippen molar-refractivity contribution in [1.29, 1.82) is 0 Å². The molecule has 0 aliphatic heterocycles. The fourth-order valence-corrected chi connectivity index (χ4v) is 2.24. The molecule has 0 radical (unpaired) electrons. The third kappa shape index (κ3) is 3.01. The van der Waals surface area contributed by atoms with E-state index in [0.717, 1.165) is 28.0 Å². The second kappa shape index (κ2) is 5.77. The maximum absolute atomic E-state index is 5.97. The molecule has 0 unspecified atom stereocenters. The van der Waals surface area contributed by atoms with Gasteiger partial charge in [-0.2, -0.15) is 4.99 Å². The summed E-state index contributed by atoms with van der Waals surface area (Å²) in [6.07, 6.45) is 1.73. The predicted octanol–water partition coefficient (Wildman–Crippen LogP) is 2.70. The van der Waals surface area contributed by atoms with Crippen LogP contribution in [0.5, 0.6) is 0 Å². The molecule has 0 spiro atoms. The minimum atomic E-state index is 0.237. The van der Waals surface area contributed by atoms with Gasteiger partial charge in [-0.25, -0.2) is 9.97 Å². The van der Waals surface area contributed by atoms with Gasteiger partial charge in [-0.3, -0.25) is 4.98 Å². The number of fused-ring (bicyclic) bond motifs is 1. The van der Waals surface area contributed by atoms with Gasteiger partial charge in [0.25, 0.3) is 5.95 Å². The molecule has 0 saturated heterocycles. The molecular weight excluding hydrogens is 276 g/mol. The normalized spacial score (nSPS) is 11.6. The summed E-state index contributed by atoms with van der Waals surface area (Å²) in [5.41, 5.74) is 9.41. The number of aliphatic imine (C=N–C) groups is 1. The average molecular weight is 292 g/mol. The number of nitrogens with two attached hydrogens (primary N) is 1. The van der Waals surface area contributed by atoms with Crippen LogP contribution < -0.4 is 11.1 Å². The summed E-state index contributed by atoms with van der Waals surface area (Å²) in [4.78, 5) is 17.0. The number of hydrogen-bond donors (Lipinski definition) is 2. The van der Waals surface area contributed by atoms with Crippen LogP contribution in [0.3, 0.4) is 0 Å². The molecule has 6 nitrogen and oxygen atoms in total. The van der Waals surface area contributed by atoms with Crippen LogP contribution >= 0.6 is 0 Å². The van der Waals surface area contributed by atoms with Crippen LogP contribution in [0, 0.1) is 13.8 Å². The van der Waals surface area contributed by atoms with Crippen LogP contribution in [0.2, 0.25) is 0 Å². The van der Waals surface area contributed by atoms with Gasteiger partial charge in [-0.15, -0.1) is 0 Å². The van der Waals surface area contributed by atoms with E-state index in [1.807, 2.05) is 50.2 Å². The van der Waals surface area contributed by atoms with Crippen molar-refractivity contribution in [3.8, 4) is 0 Å². The number of guanidine groups is 1. The van der Waals surface area contributed by atoms with Crippen LogP contribution in [0.15, 0.2) is 47.6 Å². The van der Waals surface area contributed by atoms with E-state index >= 15 is 0 Å². The van der Waals surface area contributed by atoms with Crippen molar-refractivity contribution in [2.75, 3.05) is 5.32 Å². The second-order valence-corrected chi connectivity index (χ2v) is 4.95. The average Bonchev–Trinajstić information content (AvgIpc) is 2.46. The minimum absolute atomic E-state index is 0.237. The van der Waals surface area contributed by atoms with E-state index in [9.17, 15) is 0 Å². The van der Waals surface area contributed by atoms with Crippen molar-refractivity contribution in [2.24, 2.45) is 10.7 Å². The molecule has 0 amide bonds. The Hall–Kier alpha value is -3.02. The molecule has 2 aromatic heterocycles. The Bertz CT molecular complexity index is 831. The Morgan fingerprint density at radius 1 is 1.09 bits per heavy atom. The minimum Gasteiger partial charge on any atom is -0.369 e. The van der Waals surface area contributed by atoms with Crippen molar-refractivity contribution in [2.45, 2.75) is 13.8 Å². The third-order valence-corrected chi connectivity index (χ3v) is 3.10. The highest BCUT2D eigenvalue weighted by Gasteiger charge is 2.04. The fourth-order valence-electron chi connectivity index (χ4n) is 2.24. The lowest BCUT2D eigenvalue weighted by atomic mass is 10.2. The summed E-state index contributed by atoms with van der Waals surface area (Å²) >= 11 is 0. The van der Waals surface area contributed by atoms with Crippen molar-refractivity contribution >= 4 is 28.5 Å². The maximum atomic E-state index is 5.97. The number of nitrogens with one attached hydrogen (secondary N) is 1. The number of rotatable bonds is 2. The fraction of sp³-hybridized carbons (Fsp3) is 0.125. The molecule has 2 heterocycles. The Morgan fingerprint density at radius 3 is 2.59 bits per heavy atom. The van der Waals surface area contributed by atoms with Gasteiger partial charge in [-0.1, -0.05) is 18.2 Å². The SMILES string of the molecule is Cc1cc(C)nc(/N=C(\N)Nc2ccnc3ccccc23)n1. The summed E-state index contributed by atoms with van der Waals surface area (Å²) in [5, 5.41) is 4.06. The van der Waals surface area contributed by atoms with Crippen LogP contribution in [0.4, 0.5) is 11.6 Å². The van der Waals surface area contributed by atoms with E-state index < -0.39 is 0 Å². The van der Waals surface area contributed by atoms with Gasteiger partial charge in [0.05, 0.1) is 11.2 Å². The number of pyridine rings is 1. The lowest BCUT2D eigenvalue weighted by Gasteiger charge is -2.08. The summed E-state index contributed by atoms with van der Waals surface area (Å²) in [6, 6.07) is 11.6. The quantitative estimate of drug-likeness (QED) is 0.560. The van der Waals surface area contributed by atoms with Gasteiger partial charge in [0, 0.05) is 23.0 Å². The lowest BCUT2D eigenvalue weighted by Crippen LogP contribution is -2.22. The lowest BCUT2D eigenvalue weighted by molar-refractivity contribution is 1.04. The van der Waals surface area contributed by atoms with Crippen molar-refractivity contribution in [1.82, 2.24) is 15.0 Å².